The largest absolute Gasteiger partial charge is 0.351 e. The van der Waals surface area contributed by atoms with Crippen LogP contribution in [-0.2, 0) is 11.3 Å². The zero-order chi connectivity index (χ0) is 16.7. The van der Waals surface area contributed by atoms with Crippen LogP contribution in [0.25, 0.3) is 0 Å². The normalized spacial score (nSPS) is 17.2. The molecule has 0 unspecified atom stereocenters. The van der Waals surface area contributed by atoms with Crippen LogP contribution in [0.4, 0.5) is 0 Å². The van der Waals surface area contributed by atoms with Gasteiger partial charge < -0.3 is 5.32 Å². The fourth-order valence-corrected chi connectivity index (χ4v) is 3.54. The second kappa shape index (κ2) is 8.70. The third kappa shape index (κ3) is 5.82. The lowest BCUT2D eigenvalue weighted by molar-refractivity contribution is -0.123. The van der Waals surface area contributed by atoms with Crippen LogP contribution < -0.4 is 5.32 Å². The summed E-state index contributed by atoms with van der Waals surface area (Å²) >= 11 is 5.66. The van der Waals surface area contributed by atoms with Crippen LogP contribution >= 0.6 is 11.6 Å². The molecule has 0 aromatic heterocycles. The standard InChI is InChI=1S/C19H29ClN2O/c1-19(2,21-18(23)9-6-12-20)17-10-13-22(14-11-17)15-16-7-4-3-5-8-16/h3-5,7-8,17H,6,9-15H2,1-2H3,(H,21,23). The minimum atomic E-state index is -0.137. The second-order valence-corrected chi connectivity index (χ2v) is 7.48. The second-order valence-electron chi connectivity index (χ2n) is 7.10. The summed E-state index contributed by atoms with van der Waals surface area (Å²) in [7, 11) is 0. The van der Waals surface area contributed by atoms with E-state index in [1.165, 1.54) is 5.56 Å². The van der Waals surface area contributed by atoms with Crippen molar-refractivity contribution in [3.05, 3.63) is 35.9 Å². The highest BCUT2D eigenvalue weighted by atomic mass is 35.5. The molecule has 2 rings (SSSR count). The van der Waals surface area contributed by atoms with Gasteiger partial charge in [0.1, 0.15) is 0 Å². The first kappa shape index (κ1) is 18.3. The zero-order valence-corrected chi connectivity index (χ0v) is 15.1. The van der Waals surface area contributed by atoms with Gasteiger partial charge in [-0.25, -0.2) is 0 Å². The predicted molar refractivity (Wildman–Crippen MR) is 96.6 cm³/mol. The molecule has 0 aliphatic carbocycles. The van der Waals surface area contributed by atoms with E-state index in [4.69, 9.17) is 11.6 Å². The minimum Gasteiger partial charge on any atom is -0.351 e. The average molecular weight is 337 g/mol. The number of halogens is 1. The number of rotatable bonds is 7. The molecule has 1 saturated heterocycles. The van der Waals surface area contributed by atoms with Crippen molar-refractivity contribution in [3.8, 4) is 0 Å². The summed E-state index contributed by atoms with van der Waals surface area (Å²) in [6.07, 6.45) is 3.55. The maximum atomic E-state index is 12.0. The maximum Gasteiger partial charge on any atom is 0.220 e. The number of hydrogen-bond donors (Lipinski definition) is 1. The van der Waals surface area contributed by atoms with Gasteiger partial charge in [-0.05, 0) is 57.7 Å². The highest BCUT2D eigenvalue weighted by molar-refractivity contribution is 6.17. The van der Waals surface area contributed by atoms with Crippen LogP contribution in [0.3, 0.4) is 0 Å². The Balaban J connectivity index is 1.79. The average Bonchev–Trinajstić information content (AvgIpc) is 2.54. The van der Waals surface area contributed by atoms with E-state index >= 15 is 0 Å². The Morgan fingerprint density at radius 2 is 1.91 bits per heavy atom. The first-order valence-corrected chi connectivity index (χ1v) is 9.18. The van der Waals surface area contributed by atoms with Crippen molar-refractivity contribution in [1.29, 1.82) is 0 Å². The third-order valence-corrected chi connectivity index (χ3v) is 5.12. The zero-order valence-electron chi connectivity index (χ0n) is 14.4. The van der Waals surface area contributed by atoms with Crippen molar-refractivity contribution in [3.63, 3.8) is 0 Å². The molecule has 23 heavy (non-hydrogen) atoms. The lowest BCUT2D eigenvalue weighted by atomic mass is 9.80. The van der Waals surface area contributed by atoms with E-state index in [1.54, 1.807) is 0 Å². The molecule has 1 aromatic rings. The van der Waals surface area contributed by atoms with E-state index in [2.05, 4.69) is 54.4 Å². The highest BCUT2D eigenvalue weighted by Crippen LogP contribution is 2.29. The molecule has 1 amide bonds. The molecule has 4 heteroatoms. The first-order valence-electron chi connectivity index (χ1n) is 8.64. The van der Waals surface area contributed by atoms with Gasteiger partial charge in [-0.2, -0.15) is 0 Å². The van der Waals surface area contributed by atoms with Crippen molar-refractivity contribution < 1.29 is 4.79 Å². The number of benzene rings is 1. The lowest BCUT2D eigenvalue weighted by Gasteiger charge is -2.41. The van der Waals surface area contributed by atoms with Gasteiger partial charge >= 0.3 is 0 Å². The quantitative estimate of drug-likeness (QED) is 0.768. The number of likely N-dealkylation sites (tertiary alicyclic amines) is 1. The van der Waals surface area contributed by atoms with Gasteiger partial charge in [-0.3, -0.25) is 9.69 Å². The van der Waals surface area contributed by atoms with Gasteiger partial charge in [0.25, 0.3) is 0 Å². The molecule has 1 N–H and O–H groups in total. The molecule has 0 bridgehead atoms. The Kier molecular flexibility index (Phi) is 6.91. The predicted octanol–water partition coefficient (Wildman–Crippen LogP) is 3.81. The Hall–Kier alpha value is -1.06. The number of nitrogens with zero attached hydrogens (tertiary/aromatic N) is 1. The van der Waals surface area contributed by atoms with Crippen LogP contribution in [0.5, 0.6) is 0 Å². The number of nitrogens with one attached hydrogen (secondary N) is 1. The molecule has 1 heterocycles. The molecule has 3 nitrogen and oxygen atoms in total. The van der Waals surface area contributed by atoms with E-state index in [0.717, 1.165) is 38.9 Å². The molecule has 0 saturated carbocycles. The summed E-state index contributed by atoms with van der Waals surface area (Å²) in [4.78, 5) is 14.5. The number of amides is 1. The van der Waals surface area contributed by atoms with E-state index in [0.29, 0.717) is 18.2 Å². The molecule has 1 aliphatic rings. The number of alkyl halides is 1. The highest BCUT2D eigenvalue weighted by Gasteiger charge is 2.33. The molecule has 1 fully saturated rings. The Morgan fingerprint density at radius 3 is 2.52 bits per heavy atom. The third-order valence-electron chi connectivity index (χ3n) is 4.86. The SMILES string of the molecule is CC(C)(NC(=O)CCCCl)C1CCN(Cc2ccccc2)CC1. The summed E-state index contributed by atoms with van der Waals surface area (Å²) in [6, 6.07) is 10.6. The van der Waals surface area contributed by atoms with Crippen molar-refractivity contribution in [2.45, 2.75) is 51.6 Å². The molecule has 0 atom stereocenters. The Labute approximate surface area is 145 Å². The van der Waals surface area contributed by atoms with Crippen molar-refractivity contribution in [2.24, 2.45) is 5.92 Å². The summed E-state index contributed by atoms with van der Waals surface area (Å²) < 4.78 is 0. The van der Waals surface area contributed by atoms with Gasteiger partial charge in [0.2, 0.25) is 5.91 Å². The van der Waals surface area contributed by atoms with Gasteiger partial charge in [-0.1, -0.05) is 30.3 Å². The van der Waals surface area contributed by atoms with Crippen LogP contribution in [0.1, 0.15) is 45.1 Å². The number of piperidine rings is 1. The number of carbonyl (C=O) groups excluding carboxylic acids is 1. The van der Waals surface area contributed by atoms with Crippen LogP contribution in [0.2, 0.25) is 0 Å². The molecule has 0 spiro atoms. The van der Waals surface area contributed by atoms with Gasteiger partial charge in [0.15, 0.2) is 0 Å². The van der Waals surface area contributed by atoms with E-state index in [1.807, 2.05) is 0 Å². The Bertz CT molecular complexity index is 481. The van der Waals surface area contributed by atoms with Crippen molar-refractivity contribution in [2.75, 3.05) is 19.0 Å². The fourth-order valence-electron chi connectivity index (χ4n) is 3.41. The van der Waals surface area contributed by atoms with Gasteiger partial charge in [-0.15, -0.1) is 11.6 Å². The van der Waals surface area contributed by atoms with Crippen LogP contribution in [0, 0.1) is 5.92 Å². The molecule has 128 valence electrons. The van der Waals surface area contributed by atoms with Crippen molar-refractivity contribution in [1.82, 2.24) is 10.2 Å². The van der Waals surface area contributed by atoms with E-state index in [9.17, 15) is 4.79 Å². The molecular formula is C19H29ClN2O. The molecule has 0 radical (unpaired) electrons. The molecule has 1 aromatic carbocycles. The van der Waals surface area contributed by atoms with Gasteiger partial charge in [0, 0.05) is 24.4 Å². The maximum absolute atomic E-state index is 12.0. The van der Waals surface area contributed by atoms with Crippen molar-refractivity contribution >= 4 is 17.5 Å². The summed E-state index contributed by atoms with van der Waals surface area (Å²) in [6.45, 7) is 7.53. The minimum absolute atomic E-state index is 0.127. The summed E-state index contributed by atoms with van der Waals surface area (Å²) in [5.74, 6) is 1.21. The summed E-state index contributed by atoms with van der Waals surface area (Å²) in [5, 5.41) is 3.21. The topological polar surface area (TPSA) is 32.3 Å². The number of hydrogen-bond acceptors (Lipinski definition) is 2. The summed E-state index contributed by atoms with van der Waals surface area (Å²) in [5.41, 5.74) is 1.24. The number of carbonyl (C=O) groups is 1. The van der Waals surface area contributed by atoms with Gasteiger partial charge in [0.05, 0.1) is 0 Å². The van der Waals surface area contributed by atoms with E-state index < -0.39 is 0 Å². The van der Waals surface area contributed by atoms with Crippen LogP contribution in [0.15, 0.2) is 30.3 Å². The monoisotopic (exact) mass is 336 g/mol. The first-order chi connectivity index (χ1) is 11.0. The smallest absolute Gasteiger partial charge is 0.220 e. The molecular weight excluding hydrogens is 308 g/mol. The van der Waals surface area contributed by atoms with E-state index in [-0.39, 0.29) is 11.4 Å². The van der Waals surface area contributed by atoms with Crippen LogP contribution in [-0.4, -0.2) is 35.3 Å². The fraction of sp³-hybridized carbons (Fsp3) is 0.632. The lowest BCUT2D eigenvalue weighted by Crippen LogP contribution is -2.52. The molecule has 1 aliphatic heterocycles. The Morgan fingerprint density at radius 1 is 1.26 bits per heavy atom.